The van der Waals surface area contributed by atoms with Crippen LogP contribution in [0.1, 0.15) is 25.1 Å². The zero-order valence-corrected chi connectivity index (χ0v) is 11.8. The molecule has 0 unspecified atom stereocenters. The Balaban J connectivity index is 1.79. The Kier molecular flexibility index (Phi) is 3.00. The second-order valence-electron chi connectivity index (χ2n) is 5.63. The van der Waals surface area contributed by atoms with Crippen molar-refractivity contribution in [3.63, 3.8) is 0 Å². The Labute approximate surface area is 121 Å². The van der Waals surface area contributed by atoms with Gasteiger partial charge in [-0.1, -0.05) is 18.6 Å². The van der Waals surface area contributed by atoms with Gasteiger partial charge in [0.05, 0.1) is 6.54 Å². The molecule has 3 aromatic rings. The summed E-state index contributed by atoms with van der Waals surface area (Å²) >= 11 is 0. The molecule has 1 fully saturated rings. The Morgan fingerprint density at radius 2 is 2.00 bits per heavy atom. The van der Waals surface area contributed by atoms with E-state index >= 15 is 0 Å². The van der Waals surface area contributed by atoms with Gasteiger partial charge in [-0.05, 0) is 38.1 Å². The zero-order chi connectivity index (χ0) is 14.2. The second-order valence-corrected chi connectivity index (χ2v) is 5.63. The Morgan fingerprint density at radius 1 is 1.19 bits per heavy atom. The fourth-order valence-electron chi connectivity index (χ4n) is 3.07. The maximum atomic E-state index is 12.0. The second kappa shape index (κ2) is 5.00. The zero-order valence-electron chi connectivity index (χ0n) is 11.8. The highest BCUT2D eigenvalue weighted by Gasteiger charge is 2.15. The first kappa shape index (κ1) is 12.6. The number of hydrogen-bond donors (Lipinski definition) is 1. The predicted molar refractivity (Wildman–Crippen MR) is 81.3 cm³/mol. The SMILES string of the molecule is O=c1oc2ccccc2c2nc(CN3CCCCC3)[nH]c12. The van der Waals surface area contributed by atoms with Crippen LogP contribution in [0.15, 0.2) is 33.5 Å². The minimum Gasteiger partial charge on any atom is -0.421 e. The van der Waals surface area contributed by atoms with E-state index in [9.17, 15) is 4.79 Å². The maximum absolute atomic E-state index is 12.0. The van der Waals surface area contributed by atoms with Crippen LogP contribution in [0.25, 0.3) is 22.0 Å². The number of likely N-dealkylation sites (tertiary alicyclic amines) is 1. The summed E-state index contributed by atoms with van der Waals surface area (Å²) in [6, 6.07) is 7.53. The summed E-state index contributed by atoms with van der Waals surface area (Å²) < 4.78 is 5.34. The van der Waals surface area contributed by atoms with Crippen LogP contribution in [-0.4, -0.2) is 28.0 Å². The first-order chi connectivity index (χ1) is 10.3. The number of fused-ring (bicyclic) bond motifs is 3. The summed E-state index contributed by atoms with van der Waals surface area (Å²) in [6.07, 6.45) is 3.79. The van der Waals surface area contributed by atoms with Crippen LogP contribution in [0, 0.1) is 0 Å². The van der Waals surface area contributed by atoms with Gasteiger partial charge in [0.2, 0.25) is 0 Å². The lowest BCUT2D eigenvalue weighted by molar-refractivity contribution is 0.216. The normalized spacial score (nSPS) is 16.8. The molecule has 1 saturated heterocycles. The standard InChI is InChI=1S/C16H17N3O2/c20-16-15-14(11-6-2-3-7-12(11)21-16)17-13(18-15)10-19-8-4-1-5-9-19/h2-3,6-7H,1,4-5,8-10H2,(H,17,18). The van der Waals surface area contributed by atoms with E-state index in [1.54, 1.807) is 6.07 Å². The lowest BCUT2D eigenvalue weighted by Gasteiger charge is -2.25. The van der Waals surface area contributed by atoms with Gasteiger partial charge in [-0.3, -0.25) is 4.90 Å². The summed E-state index contributed by atoms with van der Waals surface area (Å²) in [7, 11) is 0. The van der Waals surface area contributed by atoms with Crippen molar-refractivity contribution in [1.82, 2.24) is 14.9 Å². The van der Waals surface area contributed by atoms with Gasteiger partial charge >= 0.3 is 5.63 Å². The molecule has 3 heterocycles. The lowest BCUT2D eigenvalue weighted by atomic mass is 10.1. The molecule has 1 aromatic carbocycles. The maximum Gasteiger partial charge on any atom is 0.362 e. The number of hydrogen-bond acceptors (Lipinski definition) is 4. The summed E-state index contributed by atoms with van der Waals surface area (Å²) in [6.45, 7) is 2.97. The van der Waals surface area contributed by atoms with Crippen molar-refractivity contribution < 1.29 is 4.42 Å². The van der Waals surface area contributed by atoms with E-state index in [2.05, 4.69) is 14.9 Å². The predicted octanol–water partition coefficient (Wildman–Crippen LogP) is 2.66. The van der Waals surface area contributed by atoms with Gasteiger partial charge in [0, 0.05) is 5.39 Å². The number of aromatic nitrogens is 2. The Hall–Kier alpha value is -2.14. The molecule has 0 saturated carbocycles. The fourth-order valence-corrected chi connectivity index (χ4v) is 3.07. The van der Waals surface area contributed by atoms with E-state index in [-0.39, 0.29) is 5.63 Å². The number of piperidine rings is 1. The van der Waals surface area contributed by atoms with E-state index in [0.29, 0.717) is 16.6 Å². The van der Waals surface area contributed by atoms with Crippen molar-refractivity contribution in [2.45, 2.75) is 25.8 Å². The number of aromatic amines is 1. The number of benzene rings is 1. The molecule has 0 spiro atoms. The van der Waals surface area contributed by atoms with E-state index < -0.39 is 0 Å². The van der Waals surface area contributed by atoms with Gasteiger partial charge in [-0.2, -0.15) is 0 Å². The smallest absolute Gasteiger partial charge is 0.362 e. The van der Waals surface area contributed by atoms with Crippen LogP contribution >= 0.6 is 0 Å². The van der Waals surface area contributed by atoms with Gasteiger partial charge in [0.25, 0.3) is 0 Å². The van der Waals surface area contributed by atoms with E-state index in [1.165, 1.54) is 19.3 Å². The minimum atomic E-state index is -0.346. The van der Waals surface area contributed by atoms with Crippen molar-refractivity contribution in [2.75, 3.05) is 13.1 Å². The largest absolute Gasteiger partial charge is 0.421 e. The topological polar surface area (TPSA) is 62.1 Å². The molecular formula is C16H17N3O2. The molecule has 2 aromatic heterocycles. The molecule has 0 atom stereocenters. The third-order valence-corrected chi connectivity index (χ3v) is 4.12. The average molecular weight is 283 g/mol. The van der Waals surface area contributed by atoms with E-state index in [1.807, 2.05) is 18.2 Å². The summed E-state index contributed by atoms with van der Waals surface area (Å²) in [5, 5.41) is 0.883. The molecule has 5 nitrogen and oxygen atoms in total. The Morgan fingerprint density at radius 3 is 2.86 bits per heavy atom. The highest BCUT2D eigenvalue weighted by molar-refractivity contribution is 6.00. The number of H-pyrrole nitrogens is 1. The van der Waals surface area contributed by atoms with Gasteiger partial charge in [-0.25, -0.2) is 9.78 Å². The molecule has 1 aliphatic heterocycles. The number of imidazole rings is 1. The minimum absolute atomic E-state index is 0.346. The average Bonchev–Trinajstić information content (AvgIpc) is 2.93. The van der Waals surface area contributed by atoms with Crippen LogP contribution in [-0.2, 0) is 6.54 Å². The first-order valence-electron chi connectivity index (χ1n) is 7.44. The molecule has 1 N–H and O–H groups in total. The highest BCUT2D eigenvalue weighted by Crippen LogP contribution is 2.21. The fraction of sp³-hybridized carbons (Fsp3) is 0.375. The van der Waals surface area contributed by atoms with Crippen molar-refractivity contribution in [1.29, 1.82) is 0 Å². The monoisotopic (exact) mass is 283 g/mol. The molecule has 0 aliphatic carbocycles. The van der Waals surface area contributed by atoms with E-state index in [4.69, 9.17) is 4.42 Å². The van der Waals surface area contributed by atoms with Crippen molar-refractivity contribution in [3.05, 3.63) is 40.5 Å². The molecule has 0 amide bonds. The molecule has 108 valence electrons. The molecule has 0 bridgehead atoms. The van der Waals surface area contributed by atoms with Gasteiger partial charge < -0.3 is 9.40 Å². The van der Waals surface area contributed by atoms with Crippen molar-refractivity contribution in [2.24, 2.45) is 0 Å². The van der Waals surface area contributed by atoms with E-state index in [0.717, 1.165) is 30.8 Å². The van der Waals surface area contributed by atoms with Gasteiger partial charge in [-0.15, -0.1) is 0 Å². The molecule has 5 heteroatoms. The first-order valence-corrected chi connectivity index (χ1v) is 7.44. The third-order valence-electron chi connectivity index (χ3n) is 4.12. The summed E-state index contributed by atoms with van der Waals surface area (Å²) in [5.74, 6) is 0.843. The van der Waals surface area contributed by atoms with Gasteiger partial charge in [0.15, 0.2) is 5.52 Å². The number of nitrogens with one attached hydrogen (secondary N) is 1. The summed E-state index contributed by atoms with van der Waals surface area (Å²) in [4.78, 5) is 22.2. The van der Waals surface area contributed by atoms with Crippen LogP contribution in [0.2, 0.25) is 0 Å². The number of para-hydroxylation sites is 1. The highest BCUT2D eigenvalue weighted by atomic mass is 16.4. The van der Waals surface area contributed by atoms with Crippen molar-refractivity contribution in [3.8, 4) is 0 Å². The molecule has 4 rings (SSSR count). The quantitative estimate of drug-likeness (QED) is 0.734. The van der Waals surface area contributed by atoms with Crippen LogP contribution < -0.4 is 5.63 Å². The van der Waals surface area contributed by atoms with Crippen LogP contribution in [0.3, 0.4) is 0 Å². The molecule has 0 radical (unpaired) electrons. The van der Waals surface area contributed by atoms with Crippen molar-refractivity contribution >= 4 is 22.0 Å². The van der Waals surface area contributed by atoms with Gasteiger partial charge in [0.1, 0.15) is 16.9 Å². The summed E-state index contributed by atoms with van der Waals surface area (Å²) in [5.41, 5.74) is 1.43. The van der Waals surface area contributed by atoms with Crippen LogP contribution in [0.4, 0.5) is 0 Å². The third kappa shape index (κ3) is 2.23. The molecular weight excluding hydrogens is 266 g/mol. The Bertz CT molecular complexity index is 843. The lowest BCUT2D eigenvalue weighted by Crippen LogP contribution is -2.29. The molecule has 1 aliphatic rings. The number of nitrogens with zero attached hydrogens (tertiary/aromatic N) is 2. The van der Waals surface area contributed by atoms with Crippen LogP contribution in [0.5, 0.6) is 0 Å². The molecule has 21 heavy (non-hydrogen) atoms. The number of rotatable bonds is 2.